The molecule has 2 rings (SSSR count). The number of pyridine rings is 1. The molecule has 0 bridgehead atoms. The lowest BCUT2D eigenvalue weighted by atomic mass is 10.1. The van der Waals surface area contributed by atoms with Gasteiger partial charge in [-0.15, -0.1) is 0 Å². The van der Waals surface area contributed by atoms with Crippen molar-refractivity contribution in [3.63, 3.8) is 0 Å². The number of aromatic nitrogens is 1. The van der Waals surface area contributed by atoms with Gasteiger partial charge in [0.05, 0.1) is 0 Å². The number of unbranched alkanes of at least 4 members (excludes halogenated alkanes) is 7. The second-order valence-corrected chi connectivity index (χ2v) is 5.35. The molecule has 0 saturated heterocycles. The van der Waals surface area contributed by atoms with Crippen LogP contribution in [0.5, 0.6) is 0 Å². The summed E-state index contributed by atoms with van der Waals surface area (Å²) in [7, 11) is 0. The molecule has 0 fully saturated rings. The Labute approximate surface area is 116 Å². The van der Waals surface area contributed by atoms with E-state index >= 15 is 0 Å². The van der Waals surface area contributed by atoms with E-state index in [0.29, 0.717) is 0 Å². The van der Waals surface area contributed by atoms with Crippen LogP contribution in [0.1, 0.15) is 64.1 Å². The van der Waals surface area contributed by atoms with Crippen molar-refractivity contribution in [3.8, 4) is 0 Å². The zero-order chi connectivity index (χ0) is 13.3. The molecule has 0 atom stereocenters. The number of hydrogen-bond acceptors (Lipinski definition) is 2. The second kappa shape index (κ2) is 7.98. The molecule has 2 heterocycles. The first kappa shape index (κ1) is 14.1. The summed E-state index contributed by atoms with van der Waals surface area (Å²) in [6, 6.07) is 4.07. The lowest BCUT2D eigenvalue weighted by Gasteiger charge is -2.00. The molecule has 0 saturated carbocycles. The van der Waals surface area contributed by atoms with E-state index in [0.717, 1.165) is 23.2 Å². The maximum Gasteiger partial charge on any atom is 0.137 e. The van der Waals surface area contributed by atoms with Crippen LogP contribution in [0.4, 0.5) is 0 Å². The SMILES string of the molecule is CCCCCCCCCCc1cc2cnccc2o1. The molecule has 2 aromatic rings. The summed E-state index contributed by atoms with van der Waals surface area (Å²) < 4.78 is 5.79. The van der Waals surface area contributed by atoms with Crippen molar-refractivity contribution in [2.45, 2.75) is 64.7 Å². The van der Waals surface area contributed by atoms with Gasteiger partial charge in [0, 0.05) is 24.2 Å². The highest BCUT2D eigenvalue weighted by molar-refractivity contribution is 5.76. The number of nitrogens with zero attached hydrogens (tertiary/aromatic N) is 1. The van der Waals surface area contributed by atoms with Crippen LogP contribution in [0.25, 0.3) is 11.0 Å². The maximum atomic E-state index is 5.79. The van der Waals surface area contributed by atoms with Crippen LogP contribution in [0.2, 0.25) is 0 Å². The molecule has 0 aliphatic carbocycles. The van der Waals surface area contributed by atoms with Crippen LogP contribution in [0.3, 0.4) is 0 Å². The highest BCUT2D eigenvalue weighted by atomic mass is 16.3. The molecule has 2 aromatic heterocycles. The molecular weight excluding hydrogens is 234 g/mol. The van der Waals surface area contributed by atoms with Crippen molar-refractivity contribution in [1.29, 1.82) is 0 Å². The van der Waals surface area contributed by atoms with Crippen LogP contribution >= 0.6 is 0 Å². The van der Waals surface area contributed by atoms with E-state index in [2.05, 4.69) is 18.0 Å². The Hall–Kier alpha value is -1.31. The first-order chi connectivity index (χ1) is 9.40. The minimum Gasteiger partial charge on any atom is -0.461 e. The van der Waals surface area contributed by atoms with E-state index < -0.39 is 0 Å². The predicted octanol–water partition coefficient (Wildman–Crippen LogP) is 5.51. The molecule has 0 aliphatic heterocycles. The van der Waals surface area contributed by atoms with Gasteiger partial charge in [-0.1, -0.05) is 51.9 Å². The molecule has 0 radical (unpaired) electrons. The van der Waals surface area contributed by atoms with Gasteiger partial charge < -0.3 is 4.42 Å². The average Bonchev–Trinajstić information content (AvgIpc) is 2.84. The normalized spacial score (nSPS) is 11.2. The topological polar surface area (TPSA) is 26.0 Å². The highest BCUT2D eigenvalue weighted by Crippen LogP contribution is 2.19. The number of aryl methyl sites for hydroxylation is 1. The summed E-state index contributed by atoms with van der Waals surface area (Å²) in [5.74, 6) is 1.11. The van der Waals surface area contributed by atoms with Gasteiger partial charge >= 0.3 is 0 Å². The molecule has 0 aromatic carbocycles. The molecule has 104 valence electrons. The molecular formula is C17H25NO. The van der Waals surface area contributed by atoms with Crippen LogP contribution in [0, 0.1) is 0 Å². The Morgan fingerprint density at radius 1 is 1.00 bits per heavy atom. The van der Waals surface area contributed by atoms with Gasteiger partial charge in [-0.05, 0) is 18.6 Å². The quantitative estimate of drug-likeness (QED) is 0.555. The predicted molar refractivity (Wildman–Crippen MR) is 80.3 cm³/mol. The Kier molecular flexibility index (Phi) is 5.93. The van der Waals surface area contributed by atoms with Crippen LogP contribution in [0.15, 0.2) is 28.9 Å². The summed E-state index contributed by atoms with van der Waals surface area (Å²) in [6.07, 6.45) is 15.6. The van der Waals surface area contributed by atoms with Crippen molar-refractivity contribution in [2.24, 2.45) is 0 Å². The smallest absolute Gasteiger partial charge is 0.137 e. The third-order valence-electron chi connectivity index (χ3n) is 3.64. The van der Waals surface area contributed by atoms with Gasteiger partial charge in [-0.2, -0.15) is 0 Å². The fourth-order valence-corrected chi connectivity index (χ4v) is 2.50. The largest absolute Gasteiger partial charge is 0.461 e. The van der Waals surface area contributed by atoms with E-state index in [1.807, 2.05) is 12.3 Å². The molecule has 0 amide bonds. The van der Waals surface area contributed by atoms with Gasteiger partial charge in [0.15, 0.2) is 0 Å². The number of furan rings is 1. The van der Waals surface area contributed by atoms with E-state index in [1.54, 1.807) is 6.20 Å². The van der Waals surface area contributed by atoms with Gasteiger partial charge in [0.2, 0.25) is 0 Å². The van der Waals surface area contributed by atoms with Crippen LogP contribution in [-0.2, 0) is 6.42 Å². The lowest BCUT2D eigenvalue weighted by molar-refractivity contribution is 0.518. The van der Waals surface area contributed by atoms with E-state index in [-0.39, 0.29) is 0 Å². The zero-order valence-corrected chi connectivity index (χ0v) is 12.0. The summed E-state index contributed by atoms with van der Waals surface area (Å²) >= 11 is 0. The summed E-state index contributed by atoms with van der Waals surface area (Å²) in [5.41, 5.74) is 0.963. The van der Waals surface area contributed by atoms with Crippen molar-refractivity contribution in [3.05, 3.63) is 30.3 Å². The van der Waals surface area contributed by atoms with Gasteiger partial charge in [0.1, 0.15) is 11.3 Å². The molecule has 2 heteroatoms. The molecule has 0 aliphatic rings. The first-order valence-electron chi connectivity index (χ1n) is 7.72. The Bertz CT molecular complexity index is 442. The first-order valence-corrected chi connectivity index (χ1v) is 7.72. The highest BCUT2D eigenvalue weighted by Gasteiger charge is 2.02. The Morgan fingerprint density at radius 2 is 1.74 bits per heavy atom. The number of hydrogen-bond donors (Lipinski definition) is 0. The Balaban J connectivity index is 1.60. The molecule has 19 heavy (non-hydrogen) atoms. The molecule has 0 unspecified atom stereocenters. The fourth-order valence-electron chi connectivity index (χ4n) is 2.50. The summed E-state index contributed by atoms with van der Waals surface area (Å²) in [5, 5.41) is 1.12. The number of fused-ring (bicyclic) bond motifs is 1. The minimum atomic E-state index is 0.963. The van der Waals surface area contributed by atoms with Gasteiger partial charge in [0.25, 0.3) is 0 Å². The maximum absolute atomic E-state index is 5.79. The molecule has 0 spiro atoms. The second-order valence-electron chi connectivity index (χ2n) is 5.35. The van der Waals surface area contributed by atoms with Crippen molar-refractivity contribution < 1.29 is 4.42 Å². The number of rotatable bonds is 9. The van der Waals surface area contributed by atoms with E-state index in [4.69, 9.17) is 4.42 Å². The van der Waals surface area contributed by atoms with E-state index in [1.165, 1.54) is 51.4 Å². The standard InChI is InChI=1S/C17H25NO/c1-2-3-4-5-6-7-8-9-10-16-13-15-14-18-12-11-17(15)19-16/h11-14H,2-10H2,1H3. The third-order valence-corrected chi connectivity index (χ3v) is 3.64. The monoisotopic (exact) mass is 259 g/mol. The van der Waals surface area contributed by atoms with Gasteiger partial charge in [-0.25, -0.2) is 0 Å². The van der Waals surface area contributed by atoms with Crippen LogP contribution < -0.4 is 0 Å². The third kappa shape index (κ3) is 4.70. The summed E-state index contributed by atoms with van der Waals surface area (Å²) in [6.45, 7) is 2.27. The lowest BCUT2D eigenvalue weighted by Crippen LogP contribution is -1.84. The summed E-state index contributed by atoms with van der Waals surface area (Å²) in [4.78, 5) is 4.11. The van der Waals surface area contributed by atoms with Crippen molar-refractivity contribution in [2.75, 3.05) is 0 Å². The molecule has 0 N–H and O–H groups in total. The molecule has 2 nitrogen and oxygen atoms in total. The Morgan fingerprint density at radius 3 is 2.47 bits per heavy atom. The van der Waals surface area contributed by atoms with Gasteiger partial charge in [-0.3, -0.25) is 4.98 Å². The van der Waals surface area contributed by atoms with E-state index in [9.17, 15) is 0 Å². The van der Waals surface area contributed by atoms with Crippen molar-refractivity contribution >= 4 is 11.0 Å². The van der Waals surface area contributed by atoms with Crippen LogP contribution in [-0.4, -0.2) is 4.98 Å². The minimum absolute atomic E-state index is 0.963. The fraction of sp³-hybridized carbons (Fsp3) is 0.588. The zero-order valence-electron chi connectivity index (χ0n) is 12.0. The van der Waals surface area contributed by atoms with Crippen molar-refractivity contribution in [1.82, 2.24) is 4.98 Å². The average molecular weight is 259 g/mol.